The van der Waals surface area contributed by atoms with E-state index in [2.05, 4.69) is 10.8 Å². The lowest BCUT2D eigenvalue weighted by Gasteiger charge is -2.40. The number of amides is 1. The fraction of sp³-hybridized carbons (Fsp3) is 0.875. The summed E-state index contributed by atoms with van der Waals surface area (Å²) < 4.78 is 0. The highest BCUT2D eigenvalue weighted by atomic mass is 16.7. The molecular weight excluding hydrogens is 156 g/mol. The van der Waals surface area contributed by atoms with Crippen LogP contribution in [0.15, 0.2) is 0 Å². The predicted molar refractivity (Wildman–Crippen MR) is 43.0 cm³/mol. The monoisotopic (exact) mass is 170 g/mol. The third kappa shape index (κ3) is 1.44. The molecule has 0 radical (unpaired) electrons. The van der Waals surface area contributed by atoms with Gasteiger partial charge in [0.1, 0.15) is 12.3 Å². The lowest BCUT2D eigenvalue weighted by atomic mass is 9.89. The Bertz CT molecular complexity index is 182. The van der Waals surface area contributed by atoms with Crippen molar-refractivity contribution in [2.24, 2.45) is 0 Å². The molecule has 0 aromatic rings. The van der Waals surface area contributed by atoms with Crippen molar-refractivity contribution in [2.75, 3.05) is 6.61 Å². The topological polar surface area (TPSA) is 50.4 Å². The number of carbonyl (C=O) groups excluding carboxylic acids is 1. The van der Waals surface area contributed by atoms with Gasteiger partial charge in [-0.15, -0.1) is 0 Å². The Morgan fingerprint density at radius 2 is 2.00 bits per heavy atom. The van der Waals surface area contributed by atoms with Crippen LogP contribution in [-0.2, 0) is 9.63 Å². The fourth-order valence-electron chi connectivity index (χ4n) is 1.95. The minimum Gasteiger partial charge on any atom is -0.334 e. The Morgan fingerprint density at radius 1 is 1.25 bits per heavy atom. The van der Waals surface area contributed by atoms with Crippen molar-refractivity contribution in [3.63, 3.8) is 0 Å². The number of carbonyl (C=O) groups is 1. The molecule has 1 saturated carbocycles. The molecule has 1 amide bonds. The Labute approximate surface area is 71.6 Å². The molecule has 1 aliphatic heterocycles. The SMILES string of the molecule is O=C1CONC2(CCCCC2)N1. The first-order chi connectivity index (χ1) is 5.81. The summed E-state index contributed by atoms with van der Waals surface area (Å²) in [5, 5.41) is 2.96. The summed E-state index contributed by atoms with van der Waals surface area (Å²) in [5.41, 5.74) is 2.69. The van der Waals surface area contributed by atoms with Crippen LogP contribution in [0.2, 0.25) is 0 Å². The molecule has 2 aliphatic rings. The Balaban J connectivity index is 2.02. The van der Waals surface area contributed by atoms with Crippen molar-refractivity contribution < 1.29 is 9.63 Å². The van der Waals surface area contributed by atoms with Gasteiger partial charge in [0.2, 0.25) is 5.91 Å². The minimum atomic E-state index is -0.242. The van der Waals surface area contributed by atoms with E-state index in [1.807, 2.05) is 0 Å². The van der Waals surface area contributed by atoms with E-state index >= 15 is 0 Å². The minimum absolute atomic E-state index is 0.00403. The second kappa shape index (κ2) is 3.03. The molecule has 1 aliphatic carbocycles. The van der Waals surface area contributed by atoms with Gasteiger partial charge in [-0.3, -0.25) is 9.63 Å². The summed E-state index contributed by atoms with van der Waals surface area (Å²) in [7, 11) is 0. The van der Waals surface area contributed by atoms with Crippen LogP contribution in [0.25, 0.3) is 0 Å². The van der Waals surface area contributed by atoms with Gasteiger partial charge in [0.25, 0.3) is 0 Å². The van der Waals surface area contributed by atoms with Gasteiger partial charge in [-0.25, -0.2) is 0 Å². The molecule has 2 fully saturated rings. The maximum Gasteiger partial charge on any atom is 0.249 e. The zero-order valence-corrected chi connectivity index (χ0v) is 7.06. The molecule has 0 aromatic heterocycles. The van der Waals surface area contributed by atoms with E-state index in [1.165, 1.54) is 6.42 Å². The molecule has 1 heterocycles. The van der Waals surface area contributed by atoms with Crippen molar-refractivity contribution in [1.29, 1.82) is 0 Å². The van der Waals surface area contributed by atoms with E-state index in [0.717, 1.165) is 25.7 Å². The zero-order valence-electron chi connectivity index (χ0n) is 7.06. The number of hydroxylamine groups is 1. The van der Waals surface area contributed by atoms with E-state index in [9.17, 15) is 4.79 Å². The molecule has 1 saturated heterocycles. The molecule has 0 unspecified atom stereocenters. The van der Waals surface area contributed by atoms with Crippen LogP contribution in [0, 0.1) is 0 Å². The van der Waals surface area contributed by atoms with Gasteiger partial charge in [-0.1, -0.05) is 6.42 Å². The summed E-state index contributed by atoms with van der Waals surface area (Å²) >= 11 is 0. The normalized spacial score (nSPS) is 28.5. The molecule has 4 nitrogen and oxygen atoms in total. The third-order valence-corrected chi connectivity index (χ3v) is 2.56. The van der Waals surface area contributed by atoms with Gasteiger partial charge in [-0.05, 0) is 25.7 Å². The second-order valence-corrected chi connectivity index (χ2v) is 3.58. The van der Waals surface area contributed by atoms with E-state index in [4.69, 9.17) is 4.84 Å². The summed E-state index contributed by atoms with van der Waals surface area (Å²) in [6.07, 6.45) is 5.56. The van der Waals surface area contributed by atoms with E-state index in [-0.39, 0.29) is 18.2 Å². The molecule has 1 spiro atoms. The molecule has 12 heavy (non-hydrogen) atoms. The number of rotatable bonds is 0. The maximum atomic E-state index is 11.1. The smallest absolute Gasteiger partial charge is 0.249 e. The fourth-order valence-corrected chi connectivity index (χ4v) is 1.95. The van der Waals surface area contributed by atoms with Crippen molar-refractivity contribution in [3.8, 4) is 0 Å². The van der Waals surface area contributed by atoms with Crippen molar-refractivity contribution >= 4 is 5.91 Å². The summed E-state index contributed by atoms with van der Waals surface area (Å²) in [4.78, 5) is 16.1. The number of nitrogens with one attached hydrogen (secondary N) is 2. The highest BCUT2D eigenvalue weighted by Crippen LogP contribution is 2.26. The van der Waals surface area contributed by atoms with Gasteiger partial charge in [0.15, 0.2) is 0 Å². The van der Waals surface area contributed by atoms with Crippen LogP contribution in [0.3, 0.4) is 0 Å². The zero-order chi connectivity index (χ0) is 8.44. The molecular formula is C8H14N2O2. The van der Waals surface area contributed by atoms with Gasteiger partial charge in [-0.2, -0.15) is 5.48 Å². The largest absolute Gasteiger partial charge is 0.334 e. The van der Waals surface area contributed by atoms with Gasteiger partial charge in [0.05, 0.1) is 0 Å². The van der Waals surface area contributed by atoms with Gasteiger partial charge >= 0.3 is 0 Å². The lowest BCUT2D eigenvalue weighted by Crippen LogP contribution is -2.64. The summed E-state index contributed by atoms with van der Waals surface area (Å²) in [6, 6.07) is 0. The first kappa shape index (κ1) is 8.01. The highest BCUT2D eigenvalue weighted by molar-refractivity contribution is 5.78. The van der Waals surface area contributed by atoms with Crippen LogP contribution < -0.4 is 10.8 Å². The van der Waals surface area contributed by atoms with Gasteiger partial charge < -0.3 is 5.32 Å². The summed E-state index contributed by atoms with van der Waals surface area (Å²) in [6.45, 7) is 0.141. The predicted octanol–water partition coefficient (Wildman–Crippen LogP) is 0.298. The number of hydrogen-bond donors (Lipinski definition) is 2. The molecule has 2 rings (SSSR count). The first-order valence-corrected chi connectivity index (χ1v) is 4.51. The van der Waals surface area contributed by atoms with Crippen LogP contribution in [-0.4, -0.2) is 18.2 Å². The quantitative estimate of drug-likeness (QED) is 0.549. The van der Waals surface area contributed by atoms with Crippen LogP contribution in [0.1, 0.15) is 32.1 Å². The molecule has 0 atom stereocenters. The molecule has 68 valence electrons. The van der Waals surface area contributed by atoms with Crippen molar-refractivity contribution in [3.05, 3.63) is 0 Å². The van der Waals surface area contributed by atoms with Crippen LogP contribution >= 0.6 is 0 Å². The van der Waals surface area contributed by atoms with E-state index in [0.29, 0.717) is 0 Å². The molecule has 4 heteroatoms. The van der Waals surface area contributed by atoms with Gasteiger partial charge in [0, 0.05) is 0 Å². The Morgan fingerprint density at radius 3 is 2.67 bits per heavy atom. The van der Waals surface area contributed by atoms with Crippen LogP contribution in [0.4, 0.5) is 0 Å². The first-order valence-electron chi connectivity index (χ1n) is 4.51. The van der Waals surface area contributed by atoms with Crippen molar-refractivity contribution in [1.82, 2.24) is 10.8 Å². The molecule has 0 aromatic carbocycles. The standard InChI is InChI=1S/C8H14N2O2/c11-7-6-12-10-8(9-7)4-2-1-3-5-8/h10H,1-6H2,(H,9,11). The Hall–Kier alpha value is -0.610. The highest BCUT2D eigenvalue weighted by Gasteiger charge is 2.36. The maximum absolute atomic E-state index is 11.1. The van der Waals surface area contributed by atoms with E-state index < -0.39 is 0 Å². The molecule has 0 bridgehead atoms. The third-order valence-electron chi connectivity index (χ3n) is 2.56. The summed E-state index contributed by atoms with van der Waals surface area (Å²) in [5.74, 6) is -0.00403. The second-order valence-electron chi connectivity index (χ2n) is 3.58. The van der Waals surface area contributed by atoms with Crippen molar-refractivity contribution in [2.45, 2.75) is 37.8 Å². The Kier molecular flexibility index (Phi) is 2.02. The lowest BCUT2D eigenvalue weighted by molar-refractivity contribution is -0.151. The number of hydrogen-bond acceptors (Lipinski definition) is 3. The molecule has 2 N–H and O–H groups in total. The van der Waals surface area contributed by atoms with Crippen LogP contribution in [0.5, 0.6) is 0 Å². The average molecular weight is 170 g/mol. The average Bonchev–Trinajstić information content (AvgIpc) is 2.05. The van der Waals surface area contributed by atoms with E-state index in [1.54, 1.807) is 0 Å².